The third kappa shape index (κ3) is 3.66. The van der Waals surface area contributed by atoms with E-state index in [0.717, 1.165) is 31.9 Å². The van der Waals surface area contributed by atoms with E-state index in [1.165, 1.54) is 6.20 Å². The number of carbonyl (C=O) groups excluding carboxylic acids is 1. The number of hydrogen-bond donors (Lipinski definition) is 2. The fraction of sp³-hybridized carbons (Fsp3) is 0.333. The highest BCUT2D eigenvalue weighted by atomic mass is 16.5. The highest BCUT2D eigenvalue weighted by Crippen LogP contribution is 2.39. The Balaban J connectivity index is 1.84. The van der Waals surface area contributed by atoms with Gasteiger partial charge >= 0.3 is 0 Å². The van der Waals surface area contributed by atoms with E-state index in [-0.39, 0.29) is 5.91 Å². The van der Waals surface area contributed by atoms with Gasteiger partial charge < -0.3 is 25.6 Å². The molecule has 2 heterocycles. The second kappa shape index (κ2) is 7.40. The molecule has 3 rings (SSSR count). The van der Waals surface area contributed by atoms with Crippen molar-refractivity contribution in [3.05, 3.63) is 42.2 Å². The van der Waals surface area contributed by atoms with Crippen LogP contribution in [0.25, 0.3) is 0 Å². The van der Waals surface area contributed by atoms with Crippen LogP contribution in [0.1, 0.15) is 10.4 Å². The molecule has 1 saturated heterocycles. The van der Waals surface area contributed by atoms with E-state index in [2.05, 4.69) is 27.1 Å². The van der Waals surface area contributed by atoms with E-state index in [4.69, 9.17) is 10.5 Å². The predicted molar refractivity (Wildman–Crippen MR) is 99.3 cm³/mol. The standard InChI is InChI=1S/C18H23N5O2/c1-22-8-10-23(11-9-22)15-6-5-14(17(25-2)16(15)19)21-18(24)13-4-3-7-20-12-13/h3-7,12H,8-11,19H2,1-2H3,(H,21,24). The van der Waals surface area contributed by atoms with Gasteiger partial charge in [-0.15, -0.1) is 0 Å². The van der Waals surface area contributed by atoms with Crippen molar-refractivity contribution >= 4 is 23.0 Å². The summed E-state index contributed by atoms with van der Waals surface area (Å²) in [5.74, 6) is 0.229. The minimum Gasteiger partial charge on any atom is -0.492 e. The smallest absolute Gasteiger partial charge is 0.257 e. The Kier molecular flexibility index (Phi) is 5.04. The predicted octanol–water partition coefficient (Wildman–Crippen LogP) is 1.68. The minimum atomic E-state index is -0.252. The van der Waals surface area contributed by atoms with Crippen LogP contribution < -0.4 is 20.7 Å². The van der Waals surface area contributed by atoms with Crippen molar-refractivity contribution in [1.29, 1.82) is 0 Å². The first-order valence-corrected chi connectivity index (χ1v) is 8.21. The van der Waals surface area contributed by atoms with E-state index in [1.807, 2.05) is 12.1 Å². The molecule has 1 aliphatic rings. The number of pyridine rings is 1. The molecule has 1 aromatic carbocycles. The molecule has 3 N–H and O–H groups in total. The number of amides is 1. The van der Waals surface area contributed by atoms with Gasteiger partial charge in [-0.2, -0.15) is 0 Å². The summed E-state index contributed by atoms with van der Waals surface area (Å²) in [6.07, 6.45) is 3.14. The Labute approximate surface area is 147 Å². The van der Waals surface area contributed by atoms with Crippen LogP contribution in [0.4, 0.5) is 17.1 Å². The third-order valence-electron chi connectivity index (χ3n) is 4.39. The van der Waals surface area contributed by atoms with Crippen molar-refractivity contribution < 1.29 is 9.53 Å². The van der Waals surface area contributed by atoms with Crippen LogP contribution in [0.15, 0.2) is 36.7 Å². The Morgan fingerprint density at radius 3 is 2.64 bits per heavy atom. The van der Waals surface area contributed by atoms with Gasteiger partial charge in [0.1, 0.15) is 5.69 Å². The number of aromatic nitrogens is 1. The van der Waals surface area contributed by atoms with Gasteiger partial charge in [-0.1, -0.05) is 0 Å². The molecule has 7 heteroatoms. The number of piperazine rings is 1. The summed E-state index contributed by atoms with van der Waals surface area (Å²) in [6.45, 7) is 3.79. The number of nitrogens with zero attached hydrogens (tertiary/aromatic N) is 3. The number of carbonyl (C=O) groups is 1. The van der Waals surface area contributed by atoms with Gasteiger partial charge in [0.15, 0.2) is 5.75 Å². The Hall–Kier alpha value is -2.80. The Morgan fingerprint density at radius 2 is 2.00 bits per heavy atom. The lowest BCUT2D eigenvalue weighted by molar-refractivity contribution is 0.102. The van der Waals surface area contributed by atoms with Crippen LogP contribution in [-0.2, 0) is 0 Å². The number of nitrogens with two attached hydrogens (primary N) is 1. The van der Waals surface area contributed by atoms with Crippen molar-refractivity contribution in [1.82, 2.24) is 9.88 Å². The van der Waals surface area contributed by atoms with Gasteiger partial charge in [-0.05, 0) is 31.3 Å². The molecular weight excluding hydrogens is 318 g/mol. The summed E-state index contributed by atoms with van der Waals surface area (Å²) in [5, 5.41) is 2.85. The zero-order valence-corrected chi connectivity index (χ0v) is 14.5. The number of likely N-dealkylation sites (N-methyl/N-ethyl adjacent to an activating group) is 1. The van der Waals surface area contributed by atoms with E-state index in [1.54, 1.807) is 25.4 Å². The maximum atomic E-state index is 12.4. The van der Waals surface area contributed by atoms with Gasteiger partial charge in [-0.25, -0.2) is 0 Å². The second-order valence-electron chi connectivity index (χ2n) is 6.07. The molecule has 0 spiro atoms. The normalized spacial score (nSPS) is 15.0. The molecule has 1 aromatic heterocycles. The van der Waals surface area contributed by atoms with E-state index < -0.39 is 0 Å². The van der Waals surface area contributed by atoms with Gasteiger partial charge in [0.25, 0.3) is 5.91 Å². The first kappa shape index (κ1) is 17.0. The van der Waals surface area contributed by atoms with Crippen molar-refractivity contribution in [3.8, 4) is 5.75 Å². The fourth-order valence-corrected chi connectivity index (χ4v) is 2.92. The number of nitrogen functional groups attached to an aromatic ring is 1. The van der Waals surface area contributed by atoms with Crippen LogP contribution in [-0.4, -0.2) is 56.1 Å². The molecule has 1 aliphatic heterocycles. The zero-order valence-electron chi connectivity index (χ0n) is 14.5. The van der Waals surface area contributed by atoms with Crippen molar-refractivity contribution in [2.24, 2.45) is 0 Å². The maximum Gasteiger partial charge on any atom is 0.257 e. The van der Waals surface area contributed by atoms with Crippen LogP contribution in [0.3, 0.4) is 0 Å². The summed E-state index contributed by atoms with van der Waals surface area (Å²) in [4.78, 5) is 20.8. The number of hydrogen-bond acceptors (Lipinski definition) is 6. The quantitative estimate of drug-likeness (QED) is 0.823. The molecule has 0 unspecified atom stereocenters. The molecule has 0 bridgehead atoms. The molecule has 25 heavy (non-hydrogen) atoms. The van der Waals surface area contributed by atoms with Crippen molar-refractivity contribution in [2.75, 3.05) is 56.3 Å². The summed E-state index contributed by atoms with van der Waals surface area (Å²) >= 11 is 0. The Morgan fingerprint density at radius 1 is 1.24 bits per heavy atom. The molecule has 132 valence electrons. The maximum absolute atomic E-state index is 12.4. The van der Waals surface area contributed by atoms with Gasteiger partial charge in [0.2, 0.25) is 0 Å². The first-order chi connectivity index (χ1) is 12.1. The number of ether oxygens (including phenoxy) is 1. The van der Waals surface area contributed by atoms with E-state index in [0.29, 0.717) is 22.7 Å². The lowest BCUT2D eigenvalue weighted by Gasteiger charge is -2.35. The summed E-state index contributed by atoms with van der Waals surface area (Å²) in [7, 11) is 3.66. The van der Waals surface area contributed by atoms with E-state index >= 15 is 0 Å². The molecule has 0 saturated carbocycles. The lowest BCUT2D eigenvalue weighted by Crippen LogP contribution is -2.44. The average Bonchev–Trinajstić information content (AvgIpc) is 2.64. The largest absolute Gasteiger partial charge is 0.492 e. The summed E-state index contributed by atoms with van der Waals surface area (Å²) < 4.78 is 5.47. The SMILES string of the molecule is COc1c(NC(=O)c2cccnc2)ccc(N2CCN(C)CC2)c1N. The topological polar surface area (TPSA) is 83.7 Å². The van der Waals surface area contributed by atoms with Crippen LogP contribution in [0, 0.1) is 0 Å². The van der Waals surface area contributed by atoms with Gasteiger partial charge in [-0.3, -0.25) is 9.78 Å². The van der Waals surface area contributed by atoms with Crippen molar-refractivity contribution in [2.45, 2.75) is 0 Å². The minimum absolute atomic E-state index is 0.252. The highest BCUT2D eigenvalue weighted by molar-refractivity contribution is 6.05. The number of anilines is 3. The second-order valence-corrected chi connectivity index (χ2v) is 6.07. The molecular formula is C18H23N5O2. The highest BCUT2D eigenvalue weighted by Gasteiger charge is 2.20. The molecule has 1 amide bonds. The molecule has 0 aliphatic carbocycles. The van der Waals surface area contributed by atoms with Crippen LogP contribution in [0.2, 0.25) is 0 Å². The molecule has 1 fully saturated rings. The Bertz CT molecular complexity index is 743. The fourth-order valence-electron chi connectivity index (χ4n) is 2.92. The average molecular weight is 341 g/mol. The molecule has 2 aromatic rings. The summed E-state index contributed by atoms with van der Waals surface area (Å²) in [6, 6.07) is 7.19. The van der Waals surface area contributed by atoms with Crippen LogP contribution >= 0.6 is 0 Å². The number of benzene rings is 1. The van der Waals surface area contributed by atoms with Gasteiger partial charge in [0, 0.05) is 38.6 Å². The monoisotopic (exact) mass is 341 g/mol. The molecule has 0 radical (unpaired) electrons. The summed E-state index contributed by atoms with van der Waals surface area (Å²) in [5.41, 5.74) is 8.83. The first-order valence-electron chi connectivity index (χ1n) is 8.21. The third-order valence-corrected chi connectivity index (χ3v) is 4.39. The molecule has 7 nitrogen and oxygen atoms in total. The van der Waals surface area contributed by atoms with E-state index in [9.17, 15) is 4.79 Å². The number of methoxy groups -OCH3 is 1. The molecule has 0 atom stereocenters. The van der Waals surface area contributed by atoms with Crippen molar-refractivity contribution in [3.63, 3.8) is 0 Å². The lowest BCUT2D eigenvalue weighted by atomic mass is 10.1. The zero-order chi connectivity index (χ0) is 17.8. The number of nitrogens with one attached hydrogen (secondary N) is 1. The van der Waals surface area contributed by atoms with Gasteiger partial charge in [0.05, 0.1) is 24.0 Å². The van der Waals surface area contributed by atoms with Crippen LogP contribution in [0.5, 0.6) is 5.75 Å². The number of rotatable bonds is 4.